The third-order valence-electron chi connectivity index (χ3n) is 6.77. The highest BCUT2D eigenvalue weighted by atomic mass is 16.2. The summed E-state index contributed by atoms with van der Waals surface area (Å²) in [6, 6.07) is 18.6. The standard InChI is InChI=1S/C26H30N4O/c1-3-29-11-13-30(14-12-29)25-15-18(2)21-16-20(9-10-24(21)28-25)27-26(31)23-17-22(23)19-7-5-4-6-8-19/h4-10,15-16,22-23H,3,11-14,17H2,1-2H3,(H,27,31). The first-order chi connectivity index (χ1) is 15.1. The van der Waals surface area contributed by atoms with Crippen molar-refractivity contribution in [2.45, 2.75) is 26.2 Å². The van der Waals surface area contributed by atoms with Gasteiger partial charge in [-0.05, 0) is 61.2 Å². The smallest absolute Gasteiger partial charge is 0.228 e. The van der Waals surface area contributed by atoms with E-state index in [0.717, 1.165) is 61.6 Å². The number of likely N-dealkylation sites (N-methyl/N-ethyl adjacent to an activating group) is 1. The number of aromatic nitrogens is 1. The third-order valence-corrected chi connectivity index (χ3v) is 6.77. The van der Waals surface area contributed by atoms with Gasteiger partial charge in [0.05, 0.1) is 5.52 Å². The Balaban J connectivity index is 1.29. The van der Waals surface area contributed by atoms with Crippen LogP contribution in [0.25, 0.3) is 10.9 Å². The summed E-state index contributed by atoms with van der Waals surface area (Å²) in [7, 11) is 0. The Labute approximate surface area is 184 Å². The Bertz CT molecular complexity index is 1090. The second-order valence-electron chi connectivity index (χ2n) is 8.80. The number of fused-ring (bicyclic) bond motifs is 1. The summed E-state index contributed by atoms with van der Waals surface area (Å²) >= 11 is 0. The highest BCUT2D eigenvalue weighted by molar-refractivity contribution is 5.97. The van der Waals surface area contributed by atoms with E-state index in [1.165, 1.54) is 11.1 Å². The Morgan fingerprint density at radius 3 is 2.58 bits per heavy atom. The Hall–Kier alpha value is -2.92. The SMILES string of the molecule is CCN1CCN(c2cc(C)c3cc(NC(=O)C4CC4c4ccccc4)ccc3n2)CC1. The molecule has 1 amide bonds. The van der Waals surface area contributed by atoms with Crippen molar-refractivity contribution in [1.82, 2.24) is 9.88 Å². The Kier molecular flexibility index (Phi) is 5.36. The number of piperazine rings is 1. The summed E-state index contributed by atoms with van der Waals surface area (Å²) in [6.07, 6.45) is 0.929. The van der Waals surface area contributed by atoms with Crippen molar-refractivity contribution >= 4 is 28.3 Å². The number of amides is 1. The van der Waals surface area contributed by atoms with Gasteiger partial charge in [0, 0.05) is 43.2 Å². The minimum absolute atomic E-state index is 0.0708. The summed E-state index contributed by atoms with van der Waals surface area (Å²) in [4.78, 5) is 22.5. The van der Waals surface area contributed by atoms with Crippen LogP contribution in [0.5, 0.6) is 0 Å². The quantitative estimate of drug-likeness (QED) is 0.671. The van der Waals surface area contributed by atoms with Gasteiger partial charge in [-0.25, -0.2) is 4.98 Å². The Morgan fingerprint density at radius 2 is 1.84 bits per heavy atom. The van der Waals surface area contributed by atoms with Crippen LogP contribution in [0, 0.1) is 12.8 Å². The van der Waals surface area contributed by atoms with Gasteiger partial charge < -0.3 is 15.1 Å². The van der Waals surface area contributed by atoms with E-state index in [-0.39, 0.29) is 11.8 Å². The lowest BCUT2D eigenvalue weighted by Crippen LogP contribution is -2.46. The van der Waals surface area contributed by atoms with Gasteiger partial charge in [-0.15, -0.1) is 0 Å². The monoisotopic (exact) mass is 414 g/mol. The number of hydrogen-bond acceptors (Lipinski definition) is 4. The van der Waals surface area contributed by atoms with E-state index in [1.807, 2.05) is 30.3 Å². The summed E-state index contributed by atoms with van der Waals surface area (Å²) in [5.41, 5.74) is 4.29. The molecule has 160 valence electrons. The molecular weight excluding hydrogens is 384 g/mol. The molecular formula is C26H30N4O. The molecule has 5 nitrogen and oxygen atoms in total. The number of carbonyl (C=O) groups excluding carboxylic acids is 1. The molecule has 1 saturated carbocycles. The zero-order valence-electron chi connectivity index (χ0n) is 18.3. The zero-order chi connectivity index (χ0) is 21.4. The van der Waals surface area contributed by atoms with Crippen LogP contribution in [0.4, 0.5) is 11.5 Å². The fourth-order valence-electron chi connectivity index (χ4n) is 4.70. The van der Waals surface area contributed by atoms with Crippen LogP contribution >= 0.6 is 0 Å². The minimum atomic E-state index is 0.0708. The number of rotatable bonds is 5. The second-order valence-corrected chi connectivity index (χ2v) is 8.80. The van der Waals surface area contributed by atoms with E-state index in [1.54, 1.807) is 0 Å². The van der Waals surface area contributed by atoms with Crippen molar-refractivity contribution in [2.75, 3.05) is 42.9 Å². The second kappa shape index (κ2) is 8.31. The van der Waals surface area contributed by atoms with E-state index in [0.29, 0.717) is 5.92 Å². The topological polar surface area (TPSA) is 48.5 Å². The van der Waals surface area contributed by atoms with Gasteiger partial charge in [0.1, 0.15) is 5.82 Å². The number of pyridine rings is 1. The van der Waals surface area contributed by atoms with E-state index >= 15 is 0 Å². The van der Waals surface area contributed by atoms with Crippen LogP contribution in [-0.2, 0) is 4.79 Å². The van der Waals surface area contributed by atoms with Crippen LogP contribution in [-0.4, -0.2) is 48.5 Å². The number of carbonyl (C=O) groups is 1. The van der Waals surface area contributed by atoms with Gasteiger partial charge in [0.2, 0.25) is 5.91 Å². The highest BCUT2D eigenvalue weighted by Gasteiger charge is 2.43. The van der Waals surface area contributed by atoms with Crippen LogP contribution in [0.2, 0.25) is 0 Å². The maximum Gasteiger partial charge on any atom is 0.228 e. The maximum atomic E-state index is 12.8. The summed E-state index contributed by atoms with van der Waals surface area (Å²) in [6.45, 7) is 9.67. The van der Waals surface area contributed by atoms with Gasteiger partial charge >= 0.3 is 0 Å². The molecule has 1 aromatic heterocycles. The lowest BCUT2D eigenvalue weighted by Gasteiger charge is -2.35. The van der Waals surface area contributed by atoms with E-state index in [9.17, 15) is 4.79 Å². The molecule has 2 unspecified atom stereocenters. The van der Waals surface area contributed by atoms with Crippen LogP contribution in [0.3, 0.4) is 0 Å². The Morgan fingerprint density at radius 1 is 1.06 bits per heavy atom. The van der Waals surface area contributed by atoms with Crippen molar-refractivity contribution in [1.29, 1.82) is 0 Å². The lowest BCUT2D eigenvalue weighted by atomic mass is 10.1. The molecule has 31 heavy (non-hydrogen) atoms. The van der Waals surface area contributed by atoms with E-state index in [4.69, 9.17) is 4.98 Å². The van der Waals surface area contributed by atoms with E-state index < -0.39 is 0 Å². The van der Waals surface area contributed by atoms with Crippen molar-refractivity contribution < 1.29 is 4.79 Å². The van der Waals surface area contributed by atoms with Crippen molar-refractivity contribution in [2.24, 2.45) is 5.92 Å². The first-order valence-corrected chi connectivity index (χ1v) is 11.4. The molecule has 1 aliphatic carbocycles. The number of benzene rings is 2. The lowest BCUT2D eigenvalue weighted by molar-refractivity contribution is -0.117. The van der Waals surface area contributed by atoms with Gasteiger partial charge in [0.25, 0.3) is 0 Å². The van der Waals surface area contributed by atoms with Crippen LogP contribution in [0.15, 0.2) is 54.6 Å². The molecule has 0 radical (unpaired) electrons. The van der Waals surface area contributed by atoms with E-state index in [2.05, 4.69) is 53.2 Å². The average Bonchev–Trinajstić information content (AvgIpc) is 3.61. The number of nitrogens with zero attached hydrogens (tertiary/aromatic N) is 3. The van der Waals surface area contributed by atoms with Gasteiger partial charge in [-0.3, -0.25) is 4.79 Å². The van der Waals surface area contributed by atoms with Crippen molar-refractivity contribution in [3.05, 3.63) is 65.7 Å². The predicted molar refractivity (Wildman–Crippen MR) is 127 cm³/mol. The molecule has 1 aliphatic heterocycles. The number of anilines is 2. The number of aryl methyl sites for hydroxylation is 1. The molecule has 0 bridgehead atoms. The first kappa shape index (κ1) is 20.0. The average molecular weight is 415 g/mol. The van der Waals surface area contributed by atoms with Crippen molar-refractivity contribution in [3.8, 4) is 0 Å². The molecule has 2 heterocycles. The van der Waals surface area contributed by atoms with Gasteiger partial charge in [-0.1, -0.05) is 37.3 Å². The van der Waals surface area contributed by atoms with Crippen molar-refractivity contribution in [3.63, 3.8) is 0 Å². The molecule has 0 spiro atoms. The molecule has 2 aliphatic rings. The van der Waals surface area contributed by atoms with Gasteiger partial charge in [0.15, 0.2) is 0 Å². The molecule has 2 aromatic carbocycles. The molecule has 2 atom stereocenters. The largest absolute Gasteiger partial charge is 0.354 e. The highest BCUT2D eigenvalue weighted by Crippen LogP contribution is 2.47. The fraction of sp³-hybridized carbons (Fsp3) is 0.385. The fourth-order valence-corrected chi connectivity index (χ4v) is 4.70. The third kappa shape index (κ3) is 4.15. The first-order valence-electron chi connectivity index (χ1n) is 11.4. The maximum absolute atomic E-state index is 12.8. The molecule has 3 aromatic rings. The molecule has 5 heteroatoms. The normalized spacial score (nSPS) is 21.3. The van der Waals surface area contributed by atoms with Crippen LogP contribution < -0.4 is 10.2 Å². The summed E-state index contributed by atoms with van der Waals surface area (Å²) in [5, 5.41) is 4.23. The van der Waals surface area contributed by atoms with Crippen LogP contribution in [0.1, 0.15) is 30.4 Å². The molecule has 1 saturated heterocycles. The summed E-state index contributed by atoms with van der Waals surface area (Å²) in [5.74, 6) is 1.59. The summed E-state index contributed by atoms with van der Waals surface area (Å²) < 4.78 is 0. The number of hydrogen-bond donors (Lipinski definition) is 1. The zero-order valence-corrected chi connectivity index (χ0v) is 18.3. The minimum Gasteiger partial charge on any atom is -0.354 e. The molecule has 5 rings (SSSR count). The molecule has 2 fully saturated rings. The predicted octanol–water partition coefficient (Wildman–Crippen LogP) is 4.43. The van der Waals surface area contributed by atoms with Gasteiger partial charge in [-0.2, -0.15) is 0 Å². The number of nitrogens with one attached hydrogen (secondary N) is 1. The molecule has 1 N–H and O–H groups in total.